The van der Waals surface area contributed by atoms with Gasteiger partial charge in [0.1, 0.15) is 12.1 Å². The number of nitrogens with zero attached hydrogens (tertiary/aromatic N) is 2. The summed E-state index contributed by atoms with van der Waals surface area (Å²) in [5.41, 5.74) is 4.16. The zero-order chi connectivity index (χ0) is 38.0. The lowest BCUT2D eigenvalue weighted by Crippen LogP contribution is -2.72. The van der Waals surface area contributed by atoms with Gasteiger partial charge < -0.3 is 24.9 Å². The summed E-state index contributed by atoms with van der Waals surface area (Å²) in [4.78, 5) is 41.7. The number of hydrogen-bond acceptors (Lipinski definition) is 8. The molecule has 4 atom stereocenters. The van der Waals surface area contributed by atoms with Crippen LogP contribution in [0.25, 0.3) is 5.57 Å². The summed E-state index contributed by atoms with van der Waals surface area (Å²) in [6.45, 7) is 3.10. The molecule has 1 aliphatic carbocycles. The summed E-state index contributed by atoms with van der Waals surface area (Å²) < 4.78 is 52.8. The average molecular weight is 747 g/mol. The van der Waals surface area contributed by atoms with E-state index in [-0.39, 0.29) is 44.2 Å². The van der Waals surface area contributed by atoms with Crippen molar-refractivity contribution < 1.29 is 42.2 Å². The molecule has 7 rings (SSSR count). The van der Waals surface area contributed by atoms with Gasteiger partial charge in [-0.3, -0.25) is 14.9 Å². The van der Waals surface area contributed by atoms with Gasteiger partial charge in [0, 0.05) is 37.6 Å². The van der Waals surface area contributed by atoms with Gasteiger partial charge in [0.15, 0.2) is 17.4 Å². The number of halogens is 3. The highest BCUT2D eigenvalue weighted by Gasteiger charge is 2.53. The Labute approximate surface area is 312 Å². The number of nitrogens with one attached hydrogen (secondary N) is 2. The van der Waals surface area contributed by atoms with Crippen molar-refractivity contribution >= 4 is 23.9 Å². The molecule has 2 unspecified atom stereocenters. The number of rotatable bonds is 14. The number of amides is 2. The van der Waals surface area contributed by atoms with Gasteiger partial charge in [-0.15, -0.1) is 0 Å². The quantitative estimate of drug-likeness (QED) is 0.0891. The first-order valence-corrected chi connectivity index (χ1v) is 18.6. The molecule has 2 amide bonds. The van der Waals surface area contributed by atoms with E-state index in [1.165, 1.54) is 0 Å². The van der Waals surface area contributed by atoms with Crippen LogP contribution in [0, 0.1) is 24.4 Å². The van der Waals surface area contributed by atoms with Crippen LogP contribution in [0.3, 0.4) is 0 Å². The molecule has 2 saturated heterocycles. The van der Waals surface area contributed by atoms with E-state index >= 15 is 0 Å². The predicted molar refractivity (Wildman–Crippen MR) is 193 cm³/mol. The minimum Gasteiger partial charge on any atom is -0.488 e. The minimum absolute atomic E-state index is 0.0312. The van der Waals surface area contributed by atoms with Crippen LogP contribution in [0.2, 0.25) is 0 Å². The van der Waals surface area contributed by atoms with E-state index in [1.54, 1.807) is 4.90 Å². The lowest BCUT2D eigenvalue weighted by atomic mass is 9.67. The summed E-state index contributed by atoms with van der Waals surface area (Å²) in [7, 11) is 0. The van der Waals surface area contributed by atoms with E-state index in [1.807, 2.05) is 55.5 Å². The van der Waals surface area contributed by atoms with E-state index in [2.05, 4.69) is 10.6 Å². The molecule has 0 aromatic heterocycles. The molecule has 3 fully saturated rings. The van der Waals surface area contributed by atoms with Gasteiger partial charge in [-0.2, -0.15) is 9.45 Å². The fourth-order valence-electron chi connectivity index (χ4n) is 8.15. The molecular weight excluding hydrogens is 701 g/mol. The number of ether oxygens (including phenoxy) is 2. The monoisotopic (exact) mass is 746 g/mol. The smallest absolute Gasteiger partial charge is 0.336 e. The lowest BCUT2D eigenvalue weighted by molar-refractivity contribution is -0.158. The molecule has 0 spiro atoms. The van der Waals surface area contributed by atoms with Gasteiger partial charge in [0.05, 0.1) is 18.2 Å². The highest BCUT2D eigenvalue weighted by Crippen LogP contribution is 2.46. The number of hydroxylamine groups is 2. The molecule has 3 N–H and O–H groups in total. The van der Waals surface area contributed by atoms with Crippen molar-refractivity contribution in [3.63, 3.8) is 0 Å². The Morgan fingerprint density at radius 1 is 1.04 bits per heavy atom. The molecule has 1 saturated carbocycles. The Balaban J connectivity index is 1.22. The van der Waals surface area contributed by atoms with Crippen LogP contribution in [-0.2, 0) is 25.5 Å². The molecule has 286 valence electrons. The fourth-order valence-corrected chi connectivity index (χ4v) is 8.15. The molecule has 3 aromatic carbocycles. The highest BCUT2D eigenvalue weighted by molar-refractivity contribution is 6.00. The summed E-state index contributed by atoms with van der Waals surface area (Å²) in [5.74, 6) is -5.22. The second-order valence-corrected chi connectivity index (χ2v) is 14.9. The van der Waals surface area contributed by atoms with Crippen molar-refractivity contribution in [1.29, 1.82) is 0 Å². The molecule has 2 bridgehead atoms. The molecule has 4 aliphatic rings. The molecule has 3 heterocycles. The third-order valence-electron chi connectivity index (χ3n) is 11.1. The Bertz CT molecular complexity index is 1900. The zero-order valence-electron chi connectivity index (χ0n) is 30.2. The second kappa shape index (κ2) is 15.9. The van der Waals surface area contributed by atoms with Gasteiger partial charge in [-0.25, -0.2) is 13.6 Å². The average Bonchev–Trinajstić information content (AvgIpc) is 3.88. The summed E-state index contributed by atoms with van der Waals surface area (Å²) in [5, 5.41) is 18.4. The number of esters is 1. The molecular formula is C41H45F3N4O6. The molecule has 10 nitrogen and oxygen atoms in total. The van der Waals surface area contributed by atoms with Crippen LogP contribution >= 0.6 is 0 Å². The molecule has 13 heteroatoms. The van der Waals surface area contributed by atoms with Crippen LogP contribution in [-0.4, -0.2) is 90.0 Å². The van der Waals surface area contributed by atoms with E-state index in [4.69, 9.17) is 9.47 Å². The number of benzene rings is 3. The standard InChI is InChI=1S/C41H45F3N4O6/c1-25-6-10-28(11-7-25)31(21-45-24-49)41-20-30(27-12-8-26(9-13-27)4-3-19-53-38-33(43)17-16-32(42)37(38)44)36(40(51)54-29-14-15-29)34(46-41)22-47(23-41)39(50)35-5-2-18-48(35)52/h6-13,16-17,24,29,31,34-35,46,52H,2-5,14-15,18-23H2,1H3,(H,45,49)/t31?,34-,35?,41+/m1/s1. The number of carbonyl (C=O) groups is 3. The van der Waals surface area contributed by atoms with Crippen LogP contribution in [0.1, 0.15) is 66.7 Å². The third-order valence-corrected chi connectivity index (χ3v) is 11.1. The van der Waals surface area contributed by atoms with E-state index < -0.39 is 46.8 Å². The van der Waals surface area contributed by atoms with Crippen LogP contribution in [0.5, 0.6) is 5.75 Å². The minimum atomic E-state index is -1.36. The van der Waals surface area contributed by atoms with Crippen molar-refractivity contribution in [2.24, 2.45) is 0 Å². The van der Waals surface area contributed by atoms with Gasteiger partial charge in [0.25, 0.3) is 0 Å². The summed E-state index contributed by atoms with van der Waals surface area (Å²) >= 11 is 0. The Morgan fingerprint density at radius 3 is 2.46 bits per heavy atom. The molecule has 54 heavy (non-hydrogen) atoms. The van der Waals surface area contributed by atoms with Crippen LogP contribution < -0.4 is 15.4 Å². The van der Waals surface area contributed by atoms with Crippen molar-refractivity contribution in [2.45, 2.75) is 81.5 Å². The predicted octanol–water partition coefficient (Wildman–Crippen LogP) is 5.21. The van der Waals surface area contributed by atoms with Crippen molar-refractivity contribution in [2.75, 3.05) is 32.8 Å². The fraction of sp³-hybridized carbons (Fsp3) is 0.439. The van der Waals surface area contributed by atoms with E-state index in [0.29, 0.717) is 56.7 Å². The topological polar surface area (TPSA) is 120 Å². The van der Waals surface area contributed by atoms with Crippen LogP contribution in [0.4, 0.5) is 13.2 Å². The Morgan fingerprint density at radius 2 is 1.78 bits per heavy atom. The summed E-state index contributed by atoms with van der Waals surface area (Å²) in [6.07, 6.45) is 4.55. The number of piperazine rings is 1. The summed E-state index contributed by atoms with van der Waals surface area (Å²) in [6, 6.07) is 16.1. The van der Waals surface area contributed by atoms with Gasteiger partial charge in [-0.05, 0) is 86.3 Å². The van der Waals surface area contributed by atoms with E-state index in [0.717, 1.165) is 51.8 Å². The van der Waals surface area contributed by atoms with Crippen molar-refractivity contribution in [3.8, 4) is 5.75 Å². The number of carbonyl (C=O) groups excluding carboxylic acids is 3. The number of hydrogen-bond donors (Lipinski definition) is 3. The normalized spacial score (nSPS) is 23.2. The Hall–Kier alpha value is -4.72. The van der Waals surface area contributed by atoms with Gasteiger partial charge in [-0.1, -0.05) is 54.1 Å². The van der Waals surface area contributed by atoms with Gasteiger partial charge in [0.2, 0.25) is 18.1 Å². The molecule has 3 aromatic rings. The lowest BCUT2D eigenvalue weighted by Gasteiger charge is -2.55. The van der Waals surface area contributed by atoms with Gasteiger partial charge >= 0.3 is 5.97 Å². The Kier molecular flexibility index (Phi) is 11.1. The molecule has 0 radical (unpaired) electrons. The highest BCUT2D eigenvalue weighted by atomic mass is 19.2. The maximum absolute atomic E-state index is 14.1. The van der Waals surface area contributed by atoms with E-state index in [9.17, 15) is 32.8 Å². The van der Waals surface area contributed by atoms with Crippen LogP contribution in [0.15, 0.2) is 66.2 Å². The SMILES string of the molecule is Cc1ccc(C(CNC=O)[C@]23CC(c4ccc(CCCOc5c(F)ccc(F)c5F)cc4)=C(C(=O)OC4CC4)[C@@H](CN(C(=O)C4CCCN4O)C2)N3)cc1. The zero-order valence-corrected chi connectivity index (χ0v) is 30.2. The maximum Gasteiger partial charge on any atom is 0.336 e. The largest absolute Gasteiger partial charge is 0.488 e. The second-order valence-electron chi connectivity index (χ2n) is 14.9. The first kappa shape index (κ1) is 37.6. The van der Waals surface area contributed by atoms with Crippen molar-refractivity contribution in [1.82, 2.24) is 20.6 Å². The maximum atomic E-state index is 14.1. The first-order valence-electron chi connectivity index (χ1n) is 18.6. The molecule has 3 aliphatic heterocycles. The first-order chi connectivity index (χ1) is 26.1. The van der Waals surface area contributed by atoms with Crippen molar-refractivity contribution in [3.05, 3.63) is 106 Å². The third kappa shape index (κ3) is 7.89. The number of fused-ring (bicyclic) bond motifs is 2. The number of aryl methyl sites for hydroxylation is 2.